The number of carboxylic acid groups (broad SMARTS) is 1. The molecule has 0 fully saturated rings. The molecule has 0 aliphatic carbocycles. The van der Waals surface area contributed by atoms with Crippen LogP contribution < -0.4 is 4.74 Å². The van der Waals surface area contributed by atoms with Gasteiger partial charge in [-0.3, -0.25) is 4.79 Å². The van der Waals surface area contributed by atoms with Gasteiger partial charge < -0.3 is 20.1 Å². The van der Waals surface area contributed by atoms with Gasteiger partial charge in [-0.05, 0) is 31.4 Å². The predicted octanol–water partition coefficient (Wildman–Crippen LogP) is 3.90. The third-order valence-electron chi connectivity index (χ3n) is 3.85. The SMILES string of the molecule is O=C(O)CCCC(O)C/C=C/C=C/C=C\C=C\C(CO)COc1ccccc1. The summed E-state index contributed by atoms with van der Waals surface area (Å²) in [6, 6.07) is 9.50. The van der Waals surface area contributed by atoms with E-state index in [-0.39, 0.29) is 18.9 Å². The second-order valence-electron chi connectivity index (χ2n) is 6.33. The van der Waals surface area contributed by atoms with E-state index in [0.717, 1.165) is 5.75 Å². The number of rotatable bonds is 14. The zero-order chi connectivity index (χ0) is 20.5. The van der Waals surface area contributed by atoms with Crippen LogP contribution in [-0.4, -0.2) is 40.6 Å². The molecular weight excluding hydrogens is 356 g/mol. The lowest BCUT2D eigenvalue weighted by molar-refractivity contribution is -0.137. The molecule has 5 nitrogen and oxygen atoms in total. The molecule has 3 N–H and O–H groups in total. The lowest BCUT2D eigenvalue weighted by Crippen LogP contribution is -2.13. The number of aliphatic hydroxyl groups excluding tert-OH is 2. The molecule has 0 saturated carbocycles. The molecule has 0 spiro atoms. The van der Waals surface area contributed by atoms with Crippen LogP contribution in [0.25, 0.3) is 0 Å². The molecule has 28 heavy (non-hydrogen) atoms. The Morgan fingerprint density at radius 1 is 1.04 bits per heavy atom. The number of benzene rings is 1. The predicted molar refractivity (Wildman–Crippen MR) is 111 cm³/mol. The maximum absolute atomic E-state index is 10.4. The summed E-state index contributed by atoms with van der Waals surface area (Å²) in [5.41, 5.74) is 0. The fourth-order valence-electron chi connectivity index (χ4n) is 2.29. The summed E-state index contributed by atoms with van der Waals surface area (Å²) in [5, 5.41) is 27.7. The molecule has 5 heteroatoms. The largest absolute Gasteiger partial charge is 0.493 e. The van der Waals surface area contributed by atoms with E-state index >= 15 is 0 Å². The maximum Gasteiger partial charge on any atom is 0.303 e. The first kappa shape index (κ1) is 23.4. The Kier molecular flexibility index (Phi) is 12.9. The quantitative estimate of drug-likeness (QED) is 0.422. The van der Waals surface area contributed by atoms with Crippen molar-refractivity contribution in [3.05, 3.63) is 78.9 Å². The van der Waals surface area contributed by atoms with Crippen molar-refractivity contribution < 1.29 is 24.9 Å². The number of allylic oxidation sites excluding steroid dienone is 6. The molecule has 152 valence electrons. The van der Waals surface area contributed by atoms with Gasteiger partial charge >= 0.3 is 5.97 Å². The van der Waals surface area contributed by atoms with E-state index in [1.165, 1.54) is 0 Å². The standard InChI is InChI=1S/C23H30O5/c24-18-20(19-28-22-15-9-6-10-16-22)12-7-4-2-1-3-5-8-13-21(25)14-11-17-23(26)27/h1-10,12,15-16,20-21,24-25H,11,13-14,17-19H2,(H,26,27)/b3-1+,4-2-,8-5+,12-7+. The number of ether oxygens (including phenoxy) is 1. The molecule has 0 radical (unpaired) electrons. The van der Waals surface area contributed by atoms with E-state index < -0.39 is 12.1 Å². The minimum atomic E-state index is -0.833. The second kappa shape index (κ2) is 15.4. The van der Waals surface area contributed by atoms with Gasteiger partial charge in [-0.25, -0.2) is 0 Å². The van der Waals surface area contributed by atoms with Crippen LogP contribution in [0.15, 0.2) is 78.9 Å². The van der Waals surface area contributed by atoms with Crippen molar-refractivity contribution in [2.24, 2.45) is 5.92 Å². The Balaban J connectivity index is 2.21. The van der Waals surface area contributed by atoms with E-state index in [1.807, 2.05) is 78.9 Å². The molecule has 0 aliphatic heterocycles. The van der Waals surface area contributed by atoms with Gasteiger partial charge in [0.15, 0.2) is 0 Å². The van der Waals surface area contributed by atoms with Crippen molar-refractivity contribution in [1.29, 1.82) is 0 Å². The maximum atomic E-state index is 10.4. The molecule has 1 aromatic rings. The minimum absolute atomic E-state index is 0.0184. The van der Waals surface area contributed by atoms with Gasteiger partial charge in [0.1, 0.15) is 5.75 Å². The van der Waals surface area contributed by atoms with Crippen LogP contribution >= 0.6 is 0 Å². The molecule has 1 rings (SSSR count). The van der Waals surface area contributed by atoms with Crippen LogP contribution in [0.5, 0.6) is 5.75 Å². The van der Waals surface area contributed by atoms with Crippen molar-refractivity contribution in [1.82, 2.24) is 0 Å². The van der Waals surface area contributed by atoms with Gasteiger partial charge in [-0.15, -0.1) is 0 Å². The van der Waals surface area contributed by atoms with E-state index in [1.54, 1.807) is 0 Å². The zero-order valence-electron chi connectivity index (χ0n) is 16.1. The molecule has 0 heterocycles. The average Bonchev–Trinajstić information content (AvgIpc) is 2.69. The normalized spacial score (nSPS) is 14.4. The number of para-hydroxylation sites is 1. The smallest absolute Gasteiger partial charge is 0.303 e. The minimum Gasteiger partial charge on any atom is -0.493 e. The Morgan fingerprint density at radius 2 is 1.71 bits per heavy atom. The van der Waals surface area contributed by atoms with Crippen LogP contribution in [0.2, 0.25) is 0 Å². The first-order chi connectivity index (χ1) is 13.6. The second-order valence-corrected chi connectivity index (χ2v) is 6.33. The molecule has 2 atom stereocenters. The van der Waals surface area contributed by atoms with Gasteiger partial charge in [0.05, 0.1) is 19.3 Å². The lowest BCUT2D eigenvalue weighted by atomic mass is 10.1. The fraction of sp³-hybridized carbons (Fsp3) is 0.348. The van der Waals surface area contributed by atoms with Crippen molar-refractivity contribution in [2.45, 2.75) is 31.8 Å². The van der Waals surface area contributed by atoms with Gasteiger partial charge in [0, 0.05) is 12.3 Å². The van der Waals surface area contributed by atoms with Crippen LogP contribution in [0.3, 0.4) is 0 Å². The summed E-state index contributed by atoms with van der Waals surface area (Å²) in [7, 11) is 0. The first-order valence-corrected chi connectivity index (χ1v) is 9.47. The zero-order valence-corrected chi connectivity index (χ0v) is 16.1. The summed E-state index contributed by atoms with van der Waals surface area (Å²) >= 11 is 0. The van der Waals surface area contributed by atoms with Crippen LogP contribution in [0, 0.1) is 5.92 Å². The van der Waals surface area contributed by atoms with Crippen LogP contribution in [0.1, 0.15) is 25.7 Å². The van der Waals surface area contributed by atoms with E-state index in [0.29, 0.717) is 25.9 Å². The van der Waals surface area contributed by atoms with Gasteiger partial charge in [-0.1, -0.05) is 66.8 Å². The molecule has 0 amide bonds. The third kappa shape index (κ3) is 12.7. The molecule has 0 saturated heterocycles. The van der Waals surface area contributed by atoms with Crippen LogP contribution in [-0.2, 0) is 4.79 Å². The summed E-state index contributed by atoms with van der Waals surface area (Å²) in [6.07, 6.45) is 16.0. The number of hydrogen-bond acceptors (Lipinski definition) is 4. The Morgan fingerprint density at radius 3 is 2.39 bits per heavy atom. The van der Waals surface area contributed by atoms with E-state index in [9.17, 15) is 15.0 Å². The van der Waals surface area contributed by atoms with Gasteiger partial charge in [0.2, 0.25) is 0 Å². The summed E-state index contributed by atoms with van der Waals surface area (Å²) in [4.78, 5) is 10.4. The van der Waals surface area contributed by atoms with Gasteiger partial charge in [0.25, 0.3) is 0 Å². The lowest BCUT2D eigenvalue weighted by Gasteiger charge is -2.11. The number of carbonyl (C=O) groups is 1. The molecule has 0 aromatic heterocycles. The Hall–Kier alpha value is -2.63. The number of aliphatic hydroxyl groups is 2. The Labute approximate surface area is 167 Å². The topological polar surface area (TPSA) is 87.0 Å². The fourth-order valence-corrected chi connectivity index (χ4v) is 2.29. The van der Waals surface area contributed by atoms with Crippen LogP contribution in [0.4, 0.5) is 0 Å². The highest BCUT2D eigenvalue weighted by Crippen LogP contribution is 2.10. The van der Waals surface area contributed by atoms with Gasteiger partial charge in [-0.2, -0.15) is 0 Å². The average molecular weight is 386 g/mol. The molecule has 0 aliphatic rings. The highest BCUT2D eigenvalue weighted by molar-refractivity contribution is 5.66. The highest BCUT2D eigenvalue weighted by Gasteiger charge is 2.04. The third-order valence-corrected chi connectivity index (χ3v) is 3.85. The number of hydrogen-bond donors (Lipinski definition) is 3. The summed E-state index contributed by atoms with van der Waals surface area (Å²) < 4.78 is 5.63. The number of aliphatic carboxylic acids is 1. The first-order valence-electron chi connectivity index (χ1n) is 9.47. The van der Waals surface area contributed by atoms with E-state index in [4.69, 9.17) is 9.84 Å². The molecule has 1 aromatic carbocycles. The summed E-state index contributed by atoms with van der Waals surface area (Å²) in [5.74, 6) is -0.122. The van der Waals surface area contributed by atoms with Crippen molar-refractivity contribution in [3.63, 3.8) is 0 Å². The summed E-state index contributed by atoms with van der Waals surface area (Å²) in [6.45, 7) is 0.433. The molecule has 0 bridgehead atoms. The van der Waals surface area contributed by atoms with Crippen molar-refractivity contribution in [2.75, 3.05) is 13.2 Å². The number of carboxylic acids is 1. The molecule has 2 unspecified atom stereocenters. The monoisotopic (exact) mass is 386 g/mol. The molecular formula is C23H30O5. The van der Waals surface area contributed by atoms with E-state index in [2.05, 4.69) is 0 Å². The van der Waals surface area contributed by atoms with Crippen molar-refractivity contribution in [3.8, 4) is 5.75 Å². The van der Waals surface area contributed by atoms with Crippen molar-refractivity contribution >= 4 is 5.97 Å². The highest BCUT2D eigenvalue weighted by atomic mass is 16.5. The Bertz CT molecular complexity index is 646.